The highest BCUT2D eigenvalue weighted by Crippen LogP contribution is 2.25. The van der Waals surface area contributed by atoms with Gasteiger partial charge < -0.3 is 4.42 Å². The maximum atomic E-state index is 5.82. The van der Waals surface area contributed by atoms with Crippen molar-refractivity contribution in [3.05, 3.63) is 22.1 Å². The van der Waals surface area contributed by atoms with Gasteiger partial charge in [0.2, 0.25) is 5.65 Å². The maximum absolute atomic E-state index is 5.82. The van der Waals surface area contributed by atoms with Crippen molar-refractivity contribution >= 4 is 34.4 Å². The van der Waals surface area contributed by atoms with Crippen molar-refractivity contribution < 1.29 is 4.42 Å². The van der Waals surface area contributed by atoms with Gasteiger partial charge >= 0.3 is 0 Å². The van der Waals surface area contributed by atoms with E-state index in [1.807, 2.05) is 0 Å². The molecule has 0 bridgehead atoms. The molecular weight excluding hydrogens is 199 g/mol. The number of hydrogen-bond acceptors (Lipinski definition) is 3. The Kier molecular flexibility index (Phi) is 1.70. The number of nitrogens with zero attached hydrogens (tertiary/aromatic N) is 2. The number of hydrogen-bond donors (Lipinski definition) is 0. The van der Waals surface area contributed by atoms with Gasteiger partial charge in [-0.2, -0.15) is 4.98 Å². The SMILES string of the molecule is Cc1nc2nc(Cl)cc(Cl)c2o1. The van der Waals surface area contributed by atoms with Crippen LogP contribution in [-0.4, -0.2) is 9.97 Å². The maximum Gasteiger partial charge on any atom is 0.201 e. The second-order valence-electron chi connectivity index (χ2n) is 2.31. The molecule has 0 aliphatic heterocycles. The Morgan fingerprint density at radius 1 is 1.33 bits per heavy atom. The predicted octanol–water partition coefficient (Wildman–Crippen LogP) is 2.84. The van der Waals surface area contributed by atoms with Gasteiger partial charge in [-0.25, -0.2) is 4.98 Å². The van der Waals surface area contributed by atoms with Crippen molar-refractivity contribution in [1.29, 1.82) is 0 Å². The van der Waals surface area contributed by atoms with Gasteiger partial charge in [0, 0.05) is 6.92 Å². The van der Waals surface area contributed by atoms with Crippen molar-refractivity contribution in [2.45, 2.75) is 6.92 Å². The Balaban J connectivity index is 2.88. The summed E-state index contributed by atoms with van der Waals surface area (Å²) >= 11 is 11.5. The molecule has 2 aromatic rings. The number of pyridine rings is 1. The lowest BCUT2D eigenvalue weighted by molar-refractivity contribution is 0.561. The van der Waals surface area contributed by atoms with Gasteiger partial charge in [-0.3, -0.25) is 0 Å². The molecule has 5 heteroatoms. The monoisotopic (exact) mass is 202 g/mol. The first-order chi connectivity index (χ1) is 5.66. The Bertz CT molecular complexity index is 438. The summed E-state index contributed by atoms with van der Waals surface area (Å²) in [6.45, 7) is 1.73. The summed E-state index contributed by atoms with van der Waals surface area (Å²) in [6.07, 6.45) is 0. The van der Waals surface area contributed by atoms with E-state index in [2.05, 4.69) is 9.97 Å². The Morgan fingerprint density at radius 3 is 2.83 bits per heavy atom. The van der Waals surface area contributed by atoms with Crippen molar-refractivity contribution in [1.82, 2.24) is 9.97 Å². The molecule has 0 fully saturated rings. The van der Waals surface area contributed by atoms with E-state index in [9.17, 15) is 0 Å². The van der Waals surface area contributed by atoms with E-state index in [0.29, 0.717) is 27.3 Å². The van der Waals surface area contributed by atoms with E-state index in [1.165, 1.54) is 6.07 Å². The zero-order valence-electron chi connectivity index (χ0n) is 6.14. The van der Waals surface area contributed by atoms with Crippen LogP contribution in [0.15, 0.2) is 10.5 Å². The molecule has 2 heterocycles. The van der Waals surface area contributed by atoms with Crippen molar-refractivity contribution in [3.63, 3.8) is 0 Å². The summed E-state index contributed by atoms with van der Waals surface area (Å²) in [7, 11) is 0. The molecule has 0 aliphatic carbocycles. The van der Waals surface area contributed by atoms with E-state index in [1.54, 1.807) is 6.92 Å². The molecule has 2 rings (SSSR count). The highest BCUT2D eigenvalue weighted by atomic mass is 35.5. The van der Waals surface area contributed by atoms with Crippen LogP contribution in [0.1, 0.15) is 5.89 Å². The van der Waals surface area contributed by atoms with E-state index in [0.717, 1.165) is 0 Å². The second-order valence-corrected chi connectivity index (χ2v) is 3.11. The first kappa shape index (κ1) is 7.83. The minimum absolute atomic E-state index is 0.320. The van der Waals surface area contributed by atoms with Crippen LogP contribution in [0.25, 0.3) is 11.2 Å². The first-order valence-corrected chi connectivity index (χ1v) is 4.01. The van der Waals surface area contributed by atoms with E-state index in [4.69, 9.17) is 27.6 Å². The largest absolute Gasteiger partial charge is 0.438 e. The molecule has 0 aliphatic rings. The average Bonchev–Trinajstić information content (AvgIpc) is 2.29. The summed E-state index contributed by atoms with van der Waals surface area (Å²) in [6, 6.07) is 1.52. The number of halogens is 2. The molecule has 0 saturated carbocycles. The molecule has 0 N–H and O–H groups in total. The molecular formula is C7H4Cl2N2O. The van der Waals surface area contributed by atoms with Crippen LogP contribution in [-0.2, 0) is 0 Å². The summed E-state index contributed by atoms with van der Waals surface area (Å²) < 4.78 is 5.19. The molecule has 0 unspecified atom stereocenters. The zero-order chi connectivity index (χ0) is 8.72. The zero-order valence-corrected chi connectivity index (χ0v) is 7.65. The summed E-state index contributed by atoms with van der Waals surface area (Å²) in [5.74, 6) is 0.529. The highest BCUT2D eigenvalue weighted by Gasteiger charge is 2.08. The van der Waals surface area contributed by atoms with E-state index >= 15 is 0 Å². The number of aryl methyl sites for hydroxylation is 1. The van der Waals surface area contributed by atoms with Gasteiger partial charge in [-0.1, -0.05) is 23.2 Å². The third kappa shape index (κ3) is 1.15. The molecule has 0 spiro atoms. The van der Waals surface area contributed by atoms with Gasteiger partial charge in [-0.05, 0) is 6.07 Å². The molecule has 0 amide bonds. The van der Waals surface area contributed by atoms with Crippen LogP contribution in [0.4, 0.5) is 0 Å². The van der Waals surface area contributed by atoms with Crippen LogP contribution in [0.5, 0.6) is 0 Å². The standard InChI is InChI=1S/C7H4Cl2N2O/c1-3-10-7-6(12-3)4(8)2-5(9)11-7/h2H,1H3. The number of aromatic nitrogens is 2. The normalized spacial score (nSPS) is 10.9. The fourth-order valence-electron chi connectivity index (χ4n) is 0.951. The second kappa shape index (κ2) is 2.61. The molecule has 3 nitrogen and oxygen atoms in total. The minimum Gasteiger partial charge on any atom is -0.438 e. The third-order valence-electron chi connectivity index (χ3n) is 1.39. The molecule has 2 aromatic heterocycles. The van der Waals surface area contributed by atoms with Crippen LogP contribution in [0.2, 0.25) is 10.2 Å². The molecule has 0 radical (unpaired) electrons. The minimum atomic E-state index is 0.320. The van der Waals surface area contributed by atoms with Gasteiger partial charge in [0.1, 0.15) is 5.15 Å². The van der Waals surface area contributed by atoms with Gasteiger partial charge in [0.15, 0.2) is 11.5 Å². The topological polar surface area (TPSA) is 38.9 Å². The Morgan fingerprint density at radius 2 is 2.08 bits per heavy atom. The fraction of sp³-hybridized carbons (Fsp3) is 0.143. The molecule has 0 atom stereocenters. The summed E-state index contributed by atoms with van der Waals surface area (Å²) in [5, 5.41) is 0.756. The average molecular weight is 203 g/mol. The number of rotatable bonds is 0. The van der Waals surface area contributed by atoms with E-state index in [-0.39, 0.29) is 0 Å². The van der Waals surface area contributed by atoms with Crippen LogP contribution >= 0.6 is 23.2 Å². The molecule has 0 aromatic carbocycles. The lowest BCUT2D eigenvalue weighted by atomic mass is 10.4. The Hall–Kier alpha value is -0.800. The van der Waals surface area contributed by atoms with Gasteiger partial charge in [0.25, 0.3) is 0 Å². The van der Waals surface area contributed by atoms with Crippen molar-refractivity contribution in [2.75, 3.05) is 0 Å². The highest BCUT2D eigenvalue weighted by molar-refractivity contribution is 6.37. The predicted molar refractivity (Wildman–Crippen MR) is 46.6 cm³/mol. The molecule has 62 valence electrons. The van der Waals surface area contributed by atoms with E-state index < -0.39 is 0 Å². The smallest absolute Gasteiger partial charge is 0.201 e. The lowest BCUT2D eigenvalue weighted by Gasteiger charge is -1.90. The summed E-state index contributed by atoms with van der Waals surface area (Å²) in [4.78, 5) is 7.92. The van der Waals surface area contributed by atoms with Crippen LogP contribution in [0.3, 0.4) is 0 Å². The first-order valence-electron chi connectivity index (χ1n) is 3.26. The number of fused-ring (bicyclic) bond motifs is 1. The Labute approximate surface area is 78.3 Å². The fourth-order valence-corrected chi connectivity index (χ4v) is 1.42. The lowest BCUT2D eigenvalue weighted by Crippen LogP contribution is -1.78. The van der Waals surface area contributed by atoms with Gasteiger partial charge in [0.05, 0.1) is 5.02 Å². The molecule has 0 saturated heterocycles. The van der Waals surface area contributed by atoms with Crippen molar-refractivity contribution in [2.24, 2.45) is 0 Å². The van der Waals surface area contributed by atoms with Crippen LogP contribution < -0.4 is 0 Å². The number of oxazole rings is 1. The quantitative estimate of drug-likeness (QED) is 0.618. The van der Waals surface area contributed by atoms with Gasteiger partial charge in [-0.15, -0.1) is 0 Å². The van der Waals surface area contributed by atoms with Crippen molar-refractivity contribution in [3.8, 4) is 0 Å². The summed E-state index contributed by atoms with van der Waals surface area (Å²) in [5.41, 5.74) is 0.934. The molecule has 12 heavy (non-hydrogen) atoms. The van der Waals surface area contributed by atoms with Crippen LogP contribution in [0, 0.1) is 6.92 Å². The third-order valence-corrected chi connectivity index (χ3v) is 1.87.